The Bertz CT molecular complexity index is 1050. The predicted molar refractivity (Wildman–Crippen MR) is 127 cm³/mol. The molecule has 182 valence electrons. The minimum absolute atomic E-state index is 0.0148. The highest BCUT2D eigenvalue weighted by atomic mass is 35.5. The number of halogens is 4. The Morgan fingerprint density at radius 2 is 2.00 bits per heavy atom. The Kier molecular flexibility index (Phi) is 8.64. The van der Waals surface area contributed by atoms with Gasteiger partial charge in [-0.05, 0) is 36.7 Å². The summed E-state index contributed by atoms with van der Waals surface area (Å²) in [5, 5.41) is 9.56. The number of hydrogen-bond donors (Lipinski definition) is 0. The molecule has 1 aromatic carbocycles. The maximum absolute atomic E-state index is 12.8. The van der Waals surface area contributed by atoms with Gasteiger partial charge in [-0.3, -0.25) is 4.90 Å². The molecule has 2 aromatic rings. The maximum Gasteiger partial charge on any atom is 0.417 e. The van der Waals surface area contributed by atoms with Gasteiger partial charge in [0.2, 0.25) is 0 Å². The van der Waals surface area contributed by atoms with Crippen LogP contribution in [-0.2, 0) is 6.18 Å². The van der Waals surface area contributed by atoms with E-state index in [0.29, 0.717) is 30.2 Å². The van der Waals surface area contributed by atoms with Crippen LogP contribution in [-0.4, -0.2) is 68.2 Å². The minimum Gasteiger partial charge on any atom is -0.497 e. The summed E-state index contributed by atoms with van der Waals surface area (Å²) in [5.41, 5.74) is 0.528. The zero-order valence-corrected chi connectivity index (χ0v) is 19.9. The van der Waals surface area contributed by atoms with Crippen LogP contribution in [0.15, 0.2) is 42.7 Å². The van der Waals surface area contributed by atoms with Crippen molar-refractivity contribution in [1.82, 2.24) is 14.8 Å². The average Bonchev–Trinajstić information content (AvgIpc) is 2.82. The summed E-state index contributed by atoms with van der Waals surface area (Å²) in [7, 11) is 3.53. The highest BCUT2D eigenvalue weighted by Crippen LogP contribution is 2.33. The predicted octanol–water partition coefficient (Wildman–Crippen LogP) is 4.77. The SMILES string of the molecule is COc1cccc(/C(C#N)=C\N(C)CCCN2CCN(c3ncc(C(F)(F)F)cc3Cl)CC2)c1. The second-order valence-corrected chi connectivity index (χ2v) is 8.48. The Hall–Kier alpha value is -2.96. The third-order valence-electron chi connectivity index (χ3n) is 5.66. The lowest BCUT2D eigenvalue weighted by Gasteiger charge is -2.36. The number of aromatic nitrogens is 1. The number of pyridine rings is 1. The van der Waals surface area contributed by atoms with Crippen LogP contribution in [0.3, 0.4) is 0 Å². The molecule has 0 radical (unpaired) electrons. The second-order valence-electron chi connectivity index (χ2n) is 8.08. The number of allylic oxidation sites excluding steroid dienone is 1. The van der Waals surface area contributed by atoms with Gasteiger partial charge in [0.1, 0.15) is 17.6 Å². The van der Waals surface area contributed by atoms with Crippen LogP contribution in [0, 0.1) is 11.3 Å². The molecular formula is C24H27ClF3N5O. The monoisotopic (exact) mass is 493 g/mol. The minimum atomic E-state index is -4.46. The van der Waals surface area contributed by atoms with Crippen LogP contribution in [0.4, 0.5) is 19.0 Å². The molecule has 1 aromatic heterocycles. The van der Waals surface area contributed by atoms with Gasteiger partial charge in [0.15, 0.2) is 0 Å². The summed E-state index contributed by atoms with van der Waals surface area (Å²) in [6, 6.07) is 10.6. The molecule has 6 nitrogen and oxygen atoms in total. The summed E-state index contributed by atoms with van der Waals surface area (Å²) in [4.78, 5) is 10.2. The first-order valence-corrected chi connectivity index (χ1v) is 11.3. The van der Waals surface area contributed by atoms with Crippen LogP contribution < -0.4 is 9.64 Å². The number of alkyl halides is 3. The van der Waals surface area contributed by atoms with Crippen LogP contribution in [0.5, 0.6) is 5.75 Å². The number of piperazine rings is 1. The van der Waals surface area contributed by atoms with E-state index in [1.807, 2.05) is 47.3 Å². The van der Waals surface area contributed by atoms with Crippen molar-refractivity contribution in [3.05, 3.63) is 58.9 Å². The molecule has 10 heteroatoms. The maximum atomic E-state index is 12.8. The first-order chi connectivity index (χ1) is 16.2. The topological polar surface area (TPSA) is 55.6 Å². The van der Waals surface area contributed by atoms with E-state index < -0.39 is 11.7 Å². The summed E-state index contributed by atoms with van der Waals surface area (Å²) >= 11 is 6.08. The van der Waals surface area contributed by atoms with Gasteiger partial charge < -0.3 is 14.5 Å². The molecule has 0 saturated carbocycles. The van der Waals surface area contributed by atoms with Crippen molar-refractivity contribution >= 4 is 23.0 Å². The van der Waals surface area contributed by atoms with Crippen LogP contribution in [0.1, 0.15) is 17.5 Å². The molecule has 34 heavy (non-hydrogen) atoms. The Morgan fingerprint density at radius 3 is 2.62 bits per heavy atom. The standard InChI is InChI=1S/C24H27ClF3N5O/c1-31(17-19(15-29)18-5-3-6-21(13-18)34-2)7-4-8-32-9-11-33(12-10-32)23-22(25)14-20(16-30-23)24(26,27)28/h3,5-6,13-14,16-17H,4,7-12H2,1-2H3/b19-17-. The number of benzene rings is 1. The first-order valence-electron chi connectivity index (χ1n) is 10.9. The lowest BCUT2D eigenvalue weighted by Crippen LogP contribution is -2.47. The second kappa shape index (κ2) is 11.4. The fourth-order valence-corrected chi connectivity index (χ4v) is 4.07. The molecule has 1 aliphatic rings. The molecule has 0 spiro atoms. The van der Waals surface area contributed by atoms with Crippen molar-refractivity contribution in [2.24, 2.45) is 0 Å². The molecule has 0 amide bonds. The van der Waals surface area contributed by atoms with Crippen molar-refractivity contribution in [2.75, 3.05) is 58.3 Å². The molecule has 1 saturated heterocycles. The molecule has 3 rings (SSSR count). The lowest BCUT2D eigenvalue weighted by atomic mass is 10.1. The van der Waals surface area contributed by atoms with Crippen molar-refractivity contribution < 1.29 is 17.9 Å². The number of anilines is 1. The zero-order valence-electron chi connectivity index (χ0n) is 19.1. The van der Waals surface area contributed by atoms with Gasteiger partial charge in [-0.15, -0.1) is 0 Å². The van der Waals surface area contributed by atoms with Gasteiger partial charge >= 0.3 is 6.18 Å². The van der Waals surface area contributed by atoms with Gasteiger partial charge in [0, 0.05) is 52.2 Å². The highest BCUT2D eigenvalue weighted by Gasteiger charge is 2.32. The van der Waals surface area contributed by atoms with E-state index >= 15 is 0 Å². The quantitative estimate of drug-likeness (QED) is 0.494. The Morgan fingerprint density at radius 1 is 1.26 bits per heavy atom. The third-order valence-corrected chi connectivity index (χ3v) is 5.93. The number of methoxy groups -OCH3 is 1. The van der Waals surface area contributed by atoms with E-state index in [9.17, 15) is 18.4 Å². The van der Waals surface area contributed by atoms with Crippen molar-refractivity contribution in [2.45, 2.75) is 12.6 Å². The highest BCUT2D eigenvalue weighted by molar-refractivity contribution is 6.33. The zero-order chi connectivity index (χ0) is 24.7. The average molecular weight is 494 g/mol. The van der Waals surface area contributed by atoms with Gasteiger partial charge in [-0.1, -0.05) is 23.7 Å². The van der Waals surface area contributed by atoms with Gasteiger partial charge in [-0.2, -0.15) is 18.4 Å². The number of hydrogen-bond acceptors (Lipinski definition) is 6. The summed E-state index contributed by atoms with van der Waals surface area (Å²) in [5.74, 6) is 1.09. The molecule has 2 heterocycles. The Labute approximate surface area is 202 Å². The first kappa shape index (κ1) is 25.7. The molecule has 0 unspecified atom stereocenters. The van der Waals surface area contributed by atoms with E-state index in [2.05, 4.69) is 16.0 Å². The third kappa shape index (κ3) is 6.78. The number of nitriles is 1. The lowest BCUT2D eigenvalue weighted by molar-refractivity contribution is -0.137. The molecule has 0 bridgehead atoms. The fourth-order valence-electron chi connectivity index (χ4n) is 3.79. The van der Waals surface area contributed by atoms with E-state index in [4.69, 9.17) is 16.3 Å². The summed E-state index contributed by atoms with van der Waals surface area (Å²) in [6.45, 7) is 4.48. The number of nitrogens with zero attached hydrogens (tertiary/aromatic N) is 5. The molecule has 1 aliphatic heterocycles. The van der Waals surface area contributed by atoms with E-state index in [1.165, 1.54) is 0 Å². The molecule has 0 atom stereocenters. The molecular weight excluding hydrogens is 467 g/mol. The van der Waals surface area contributed by atoms with Crippen molar-refractivity contribution in [3.63, 3.8) is 0 Å². The van der Waals surface area contributed by atoms with Gasteiger partial charge in [0.05, 0.1) is 23.3 Å². The van der Waals surface area contributed by atoms with E-state index in [-0.39, 0.29) is 5.02 Å². The normalized spacial score (nSPS) is 15.2. The van der Waals surface area contributed by atoms with Crippen molar-refractivity contribution in [1.29, 1.82) is 5.26 Å². The van der Waals surface area contributed by atoms with Crippen LogP contribution >= 0.6 is 11.6 Å². The largest absolute Gasteiger partial charge is 0.497 e. The number of rotatable bonds is 8. The van der Waals surface area contributed by atoms with Gasteiger partial charge in [-0.25, -0.2) is 4.98 Å². The van der Waals surface area contributed by atoms with Crippen molar-refractivity contribution in [3.8, 4) is 11.8 Å². The summed E-state index contributed by atoms with van der Waals surface area (Å²) in [6.07, 6.45) is -0.885. The van der Waals surface area contributed by atoms with E-state index in [0.717, 1.165) is 50.4 Å². The molecule has 0 N–H and O–H groups in total. The van der Waals surface area contributed by atoms with E-state index in [1.54, 1.807) is 7.11 Å². The van der Waals surface area contributed by atoms with Crippen LogP contribution in [0.25, 0.3) is 5.57 Å². The fraction of sp³-hybridized carbons (Fsp3) is 0.417. The molecule has 0 aliphatic carbocycles. The Balaban J connectivity index is 1.47. The van der Waals surface area contributed by atoms with Crippen LogP contribution in [0.2, 0.25) is 5.02 Å². The van der Waals surface area contributed by atoms with Gasteiger partial charge in [0.25, 0.3) is 0 Å². The molecule has 1 fully saturated rings. The summed E-state index contributed by atoms with van der Waals surface area (Å²) < 4.78 is 43.7. The number of ether oxygens (including phenoxy) is 1. The smallest absolute Gasteiger partial charge is 0.417 e.